The van der Waals surface area contributed by atoms with Crippen molar-refractivity contribution < 1.29 is 14.4 Å². The SMILES string of the molecule is CNC(=O)C(=O)NCCCCNC(=O)c1ccc(N)cc1. The first-order valence-electron chi connectivity index (χ1n) is 6.68. The van der Waals surface area contributed by atoms with Gasteiger partial charge in [-0.05, 0) is 37.1 Å². The Morgan fingerprint density at radius 1 is 0.952 bits per heavy atom. The molecule has 0 aromatic heterocycles. The second-order valence-electron chi connectivity index (χ2n) is 4.42. The lowest BCUT2D eigenvalue weighted by atomic mass is 10.2. The molecule has 0 aliphatic rings. The fraction of sp³-hybridized carbons (Fsp3) is 0.357. The van der Waals surface area contributed by atoms with E-state index in [1.807, 2.05) is 0 Å². The van der Waals surface area contributed by atoms with Crippen molar-refractivity contribution in [2.45, 2.75) is 12.8 Å². The van der Waals surface area contributed by atoms with Gasteiger partial charge in [0.25, 0.3) is 5.91 Å². The maximum atomic E-state index is 11.8. The quantitative estimate of drug-likeness (QED) is 0.326. The maximum Gasteiger partial charge on any atom is 0.309 e. The van der Waals surface area contributed by atoms with E-state index in [-0.39, 0.29) is 5.91 Å². The fourth-order valence-corrected chi connectivity index (χ4v) is 1.58. The lowest BCUT2D eigenvalue weighted by Gasteiger charge is -2.06. The van der Waals surface area contributed by atoms with E-state index in [9.17, 15) is 14.4 Å². The molecular weight excluding hydrogens is 272 g/mol. The summed E-state index contributed by atoms with van der Waals surface area (Å²) in [4.78, 5) is 33.8. The third-order valence-corrected chi connectivity index (χ3v) is 2.78. The van der Waals surface area contributed by atoms with Crippen LogP contribution in [0.2, 0.25) is 0 Å². The highest BCUT2D eigenvalue weighted by Gasteiger charge is 2.09. The number of carbonyl (C=O) groups is 3. The number of amides is 3. The van der Waals surface area contributed by atoms with Crippen LogP contribution < -0.4 is 21.7 Å². The number of rotatable bonds is 6. The number of hydrogen-bond donors (Lipinski definition) is 4. The fourth-order valence-electron chi connectivity index (χ4n) is 1.58. The summed E-state index contributed by atoms with van der Waals surface area (Å²) < 4.78 is 0. The Morgan fingerprint density at radius 2 is 1.52 bits per heavy atom. The third-order valence-electron chi connectivity index (χ3n) is 2.78. The zero-order valence-electron chi connectivity index (χ0n) is 11.9. The molecule has 0 heterocycles. The first-order valence-corrected chi connectivity index (χ1v) is 6.68. The zero-order chi connectivity index (χ0) is 15.7. The number of nitrogen functional groups attached to an aromatic ring is 1. The summed E-state index contributed by atoms with van der Waals surface area (Å²) in [7, 11) is 1.40. The predicted octanol–water partition coefficient (Wildman–Crippen LogP) is -0.359. The molecule has 0 bridgehead atoms. The monoisotopic (exact) mass is 292 g/mol. The van der Waals surface area contributed by atoms with E-state index in [1.165, 1.54) is 7.05 Å². The van der Waals surface area contributed by atoms with Crippen LogP contribution >= 0.6 is 0 Å². The summed E-state index contributed by atoms with van der Waals surface area (Å²) in [5, 5.41) is 7.49. The molecule has 0 unspecified atom stereocenters. The molecule has 7 nitrogen and oxygen atoms in total. The highest BCUT2D eigenvalue weighted by Crippen LogP contribution is 2.05. The van der Waals surface area contributed by atoms with E-state index in [2.05, 4.69) is 16.0 Å². The second-order valence-corrected chi connectivity index (χ2v) is 4.42. The van der Waals surface area contributed by atoms with Crippen molar-refractivity contribution >= 4 is 23.4 Å². The third kappa shape index (κ3) is 5.94. The first-order chi connectivity index (χ1) is 10.0. The number of nitrogens with one attached hydrogen (secondary N) is 3. The Bertz CT molecular complexity index is 499. The summed E-state index contributed by atoms with van der Waals surface area (Å²) in [6, 6.07) is 6.66. The summed E-state index contributed by atoms with van der Waals surface area (Å²) in [6.07, 6.45) is 1.37. The van der Waals surface area contributed by atoms with E-state index < -0.39 is 11.8 Å². The molecule has 3 amide bonds. The number of unbranched alkanes of at least 4 members (excludes halogenated alkanes) is 1. The summed E-state index contributed by atoms with van der Waals surface area (Å²) in [5.41, 5.74) is 6.71. The van der Waals surface area contributed by atoms with E-state index >= 15 is 0 Å². The minimum atomic E-state index is -0.661. The van der Waals surface area contributed by atoms with Crippen LogP contribution in [0.25, 0.3) is 0 Å². The Hall–Kier alpha value is -2.57. The lowest BCUT2D eigenvalue weighted by Crippen LogP contribution is -2.38. The summed E-state index contributed by atoms with van der Waals surface area (Å²) in [6.45, 7) is 0.892. The van der Waals surface area contributed by atoms with Crippen LogP contribution in [0, 0.1) is 0 Å². The number of nitrogens with two attached hydrogens (primary N) is 1. The van der Waals surface area contributed by atoms with E-state index in [1.54, 1.807) is 24.3 Å². The van der Waals surface area contributed by atoms with E-state index in [0.29, 0.717) is 37.2 Å². The van der Waals surface area contributed by atoms with Gasteiger partial charge in [0.05, 0.1) is 0 Å². The standard InChI is InChI=1S/C14H20N4O3/c1-16-13(20)14(21)18-9-3-2-8-17-12(19)10-4-6-11(15)7-5-10/h4-7H,2-3,8-9,15H2,1H3,(H,16,20)(H,17,19)(H,18,21). The highest BCUT2D eigenvalue weighted by molar-refractivity contribution is 6.34. The molecule has 0 spiro atoms. The topological polar surface area (TPSA) is 113 Å². The zero-order valence-corrected chi connectivity index (χ0v) is 11.9. The van der Waals surface area contributed by atoms with Crippen molar-refractivity contribution in [3.63, 3.8) is 0 Å². The average molecular weight is 292 g/mol. The normalized spacial score (nSPS) is 9.76. The molecule has 0 saturated carbocycles. The molecule has 0 aliphatic carbocycles. The molecule has 114 valence electrons. The molecule has 0 radical (unpaired) electrons. The molecule has 0 aliphatic heterocycles. The van der Waals surface area contributed by atoms with E-state index in [0.717, 1.165) is 0 Å². The van der Waals surface area contributed by atoms with Crippen LogP contribution in [0.15, 0.2) is 24.3 Å². The van der Waals surface area contributed by atoms with Gasteiger partial charge in [-0.1, -0.05) is 0 Å². The number of carbonyl (C=O) groups excluding carboxylic acids is 3. The van der Waals surface area contributed by atoms with Gasteiger partial charge in [-0.25, -0.2) is 0 Å². The van der Waals surface area contributed by atoms with Crippen LogP contribution in [-0.2, 0) is 9.59 Å². The largest absolute Gasteiger partial charge is 0.399 e. The molecular formula is C14H20N4O3. The van der Waals surface area contributed by atoms with Crippen LogP contribution in [0.1, 0.15) is 23.2 Å². The molecule has 0 fully saturated rings. The Kier molecular flexibility index (Phi) is 6.73. The van der Waals surface area contributed by atoms with Gasteiger partial charge in [0.15, 0.2) is 0 Å². The molecule has 5 N–H and O–H groups in total. The Labute approximate surface area is 123 Å². The van der Waals surface area contributed by atoms with Crippen molar-refractivity contribution in [3.8, 4) is 0 Å². The van der Waals surface area contributed by atoms with Gasteiger partial charge >= 0.3 is 11.8 Å². The number of benzene rings is 1. The minimum Gasteiger partial charge on any atom is -0.399 e. The average Bonchev–Trinajstić information content (AvgIpc) is 2.50. The van der Waals surface area contributed by atoms with Gasteiger partial charge in [-0.15, -0.1) is 0 Å². The predicted molar refractivity (Wildman–Crippen MR) is 79.5 cm³/mol. The first kappa shape index (κ1) is 16.5. The van der Waals surface area contributed by atoms with E-state index in [4.69, 9.17) is 5.73 Å². The molecule has 1 aromatic carbocycles. The Balaban J connectivity index is 2.14. The Morgan fingerprint density at radius 3 is 2.10 bits per heavy atom. The number of hydrogen-bond acceptors (Lipinski definition) is 4. The molecule has 1 rings (SSSR count). The van der Waals surface area contributed by atoms with Crippen LogP contribution in [-0.4, -0.2) is 37.9 Å². The summed E-state index contributed by atoms with van der Waals surface area (Å²) in [5.74, 6) is -1.47. The van der Waals surface area contributed by atoms with Gasteiger partial charge in [0, 0.05) is 31.4 Å². The van der Waals surface area contributed by atoms with Crippen molar-refractivity contribution in [1.82, 2.24) is 16.0 Å². The lowest BCUT2D eigenvalue weighted by molar-refractivity contribution is -0.138. The van der Waals surface area contributed by atoms with Gasteiger partial charge in [-0.2, -0.15) is 0 Å². The van der Waals surface area contributed by atoms with Gasteiger partial charge in [0.1, 0.15) is 0 Å². The molecule has 1 aromatic rings. The van der Waals surface area contributed by atoms with Crippen LogP contribution in [0.3, 0.4) is 0 Å². The second kappa shape index (κ2) is 8.57. The van der Waals surface area contributed by atoms with Gasteiger partial charge in [-0.3, -0.25) is 14.4 Å². The van der Waals surface area contributed by atoms with Crippen molar-refractivity contribution in [3.05, 3.63) is 29.8 Å². The summed E-state index contributed by atoms with van der Waals surface area (Å²) >= 11 is 0. The maximum absolute atomic E-state index is 11.8. The van der Waals surface area contributed by atoms with Gasteiger partial charge < -0.3 is 21.7 Å². The highest BCUT2D eigenvalue weighted by atomic mass is 16.2. The van der Waals surface area contributed by atoms with Crippen LogP contribution in [0.4, 0.5) is 5.69 Å². The minimum absolute atomic E-state index is 0.163. The van der Waals surface area contributed by atoms with Crippen molar-refractivity contribution in [2.75, 3.05) is 25.9 Å². The number of likely N-dealkylation sites (N-methyl/N-ethyl adjacent to an activating group) is 1. The molecule has 0 saturated heterocycles. The van der Waals surface area contributed by atoms with Crippen molar-refractivity contribution in [1.29, 1.82) is 0 Å². The molecule has 21 heavy (non-hydrogen) atoms. The van der Waals surface area contributed by atoms with Crippen molar-refractivity contribution in [2.24, 2.45) is 0 Å². The number of anilines is 1. The van der Waals surface area contributed by atoms with Crippen LogP contribution in [0.5, 0.6) is 0 Å². The molecule has 0 atom stereocenters. The molecule has 7 heteroatoms. The van der Waals surface area contributed by atoms with Gasteiger partial charge in [0.2, 0.25) is 0 Å². The smallest absolute Gasteiger partial charge is 0.309 e.